The van der Waals surface area contributed by atoms with Gasteiger partial charge in [0, 0.05) is 53.3 Å². The number of nitrogens with zero attached hydrogens (tertiary/aromatic N) is 1. The van der Waals surface area contributed by atoms with E-state index in [1.807, 2.05) is 11.3 Å². The molecular formula is C56H35NOS. The summed E-state index contributed by atoms with van der Waals surface area (Å²) in [5, 5.41) is 9.65. The minimum atomic E-state index is 0.890. The van der Waals surface area contributed by atoms with Crippen LogP contribution in [0.5, 0.6) is 0 Å². The van der Waals surface area contributed by atoms with Gasteiger partial charge in [0.15, 0.2) is 0 Å². The fourth-order valence-corrected chi connectivity index (χ4v) is 10.1. The molecule has 0 fully saturated rings. The maximum Gasteiger partial charge on any atom is 0.143 e. The average Bonchev–Trinajstić information content (AvgIpc) is 3.87. The van der Waals surface area contributed by atoms with Crippen molar-refractivity contribution in [2.75, 3.05) is 4.90 Å². The van der Waals surface area contributed by atoms with Crippen LogP contribution in [0.15, 0.2) is 217 Å². The highest BCUT2D eigenvalue weighted by Crippen LogP contribution is 2.45. The Labute approximate surface area is 345 Å². The van der Waals surface area contributed by atoms with Crippen LogP contribution >= 0.6 is 11.3 Å². The lowest BCUT2D eigenvalue weighted by Gasteiger charge is -2.28. The molecule has 0 saturated heterocycles. The molecule has 0 saturated carbocycles. The number of para-hydroxylation sites is 1. The van der Waals surface area contributed by atoms with Crippen LogP contribution in [0.1, 0.15) is 0 Å². The van der Waals surface area contributed by atoms with Gasteiger partial charge < -0.3 is 9.32 Å². The van der Waals surface area contributed by atoms with E-state index in [1.165, 1.54) is 58.6 Å². The Morgan fingerprint density at radius 2 is 0.983 bits per heavy atom. The van der Waals surface area contributed by atoms with Crippen LogP contribution in [0, 0.1) is 0 Å². The number of thiophene rings is 1. The van der Waals surface area contributed by atoms with E-state index >= 15 is 0 Å². The zero-order chi connectivity index (χ0) is 38.9. The number of rotatable bonds is 6. The van der Waals surface area contributed by atoms with E-state index in [2.05, 4.69) is 217 Å². The van der Waals surface area contributed by atoms with Gasteiger partial charge in [-0.05, 0) is 111 Å². The molecule has 0 N–H and O–H groups in total. The fraction of sp³-hybridized carbons (Fsp3) is 0. The smallest absolute Gasteiger partial charge is 0.143 e. The van der Waals surface area contributed by atoms with Gasteiger partial charge in [-0.1, -0.05) is 146 Å². The molecular weight excluding hydrogens is 735 g/mol. The second-order valence-electron chi connectivity index (χ2n) is 15.3. The van der Waals surface area contributed by atoms with Crippen molar-refractivity contribution in [2.24, 2.45) is 0 Å². The van der Waals surface area contributed by atoms with E-state index in [4.69, 9.17) is 4.42 Å². The Kier molecular flexibility index (Phi) is 7.75. The average molecular weight is 770 g/mol. The number of anilines is 3. The Morgan fingerprint density at radius 1 is 0.339 bits per heavy atom. The summed E-state index contributed by atoms with van der Waals surface area (Å²) in [6.07, 6.45) is 0. The van der Waals surface area contributed by atoms with E-state index in [9.17, 15) is 0 Å². The number of hydrogen-bond acceptors (Lipinski definition) is 3. The molecule has 2 nitrogen and oxygen atoms in total. The second kappa shape index (κ2) is 13.6. The molecule has 2 aromatic heterocycles. The molecule has 3 heteroatoms. The predicted molar refractivity (Wildman–Crippen MR) is 253 cm³/mol. The Balaban J connectivity index is 1.03. The SMILES string of the molecule is c1cc(-c2ccc3sc4ccccc4c3c2)cc(N(c2ccc(-c3cccc4ccccc34)cc2)c2ccccc2-c2ccc3oc4c5ccccc5ccc4c3c2)c1. The summed E-state index contributed by atoms with van der Waals surface area (Å²) in [6.45, 7) is 0. The summed E-state index contributed by atoms with van der Waals surface area (Å²) in [7, 11) is 0. The molecule has 0 bridgehead atoms. The molecule has 0 aliphatic rings. The Bertz CT molecular complexity index is 3570. The fourth-order valence-electron chi connectivity index (χ4n) is 9.01. The van der Waals surface area contributed by atoms with Crippen molar-refractivity contribution >= 4 is 92.1 Å². The van der Waals surface area contributed by atoms with Gasteiger partial charge in [-0.15, -0.1) is 11.3 Å². The molecule has 59 heavy (non-hydrogen) atoms. The van der Waals surface area contributed by atoms with Crippen molar-refractivity contribution in [3.8, 4) is 33.4 Å². The Morgan fingerprint density at radius 3 is 1.88 bits per heavy atom. The molecule has 0 radical (unpaired) electrons. The van der Waals surface area contributed by atoms with Crippen LogP contribution in [-0.4, -0.2) is 0 Å². The van der Waals surface area contributed by atoms with Crippen molar-refractivity contribution in [3.63, 3.8) is 0 Å². The molecule has 0 atom stereocenters. The highest BCUT2D eigenvalue weighted by atomic mass is 32.1. The molecule has 2 heterocycles. The minimum absolute atomic E-state index is 0.890. The van der Waals surface area contributed by atoms with Crippen LogP contribution in [0.4, 0.5) is 17.1 Å². The van der Waals surface area contributed by atoms with E-state index in [1.54, 1.807) is 0 Å². The van der Waals surface area contributed by atoms with Gasteiger partial charge in [0.2, 0.25) is 0 Å². The molecule has 0 aliphatic heterocycles. The highest BCUT2D eigenvalue weighted by Gasteiger charge is 2.20. The lowest BCUT2D eigenvalue weighted by atomic mass is 9.97. The summed E-state index contributed by atoms with van der Waals surface area (Å²) < 4.78 is 9.16. The molecule has 0 amide bonds. The van der Waals surface area contributed by atoms with E-state index in [0.29, 0.717) is 0 Å². The zero-order valence-electron chi connectivity index (χ0n) is 32.0. The van der Waals surface area contributed by atoms with Gasteiger partial charge in [0.25, 0.3) is 0 Å². The number of hydrogen-bond donors (Lipinski definition) is 0. The third-order valence-corrected chi connectivity index (χ3v) is 13.0. The first-order valence-corrected chi connectivity index (χ1v) is 20.9. The van der Waals surface area contributed by atoms with Gasteiger partial charge in [-0.25, -0.2) is 0 Å². The number of fused-ring (bicyclic) bond motifs is 9. The lowest BCUT2D eigenvalue weighted by molar-refractivity contribution is 0.672. The van der Waals surface area contributed by atoms with Crippen molar-refractivity contribution in [1.82, 2.24) is 0 Å². The second-order valence-corrected chi connectivity index (χ2v) is 16.3. The van der Waals surface area contributed by atoms with Crippen molar-refractivity contribution < 1.29 is 4.42 Å². The van der Waals surface area contributed by atoms with Gasteiger partial charge in [0.05, 0.1) is 5.69 Å². The van der Waals surface area contributed by atoms with Crippen LogP contribution in [0.2, 0.25) is 0 Å². The van der Waals surface area contributed by atoms with Crippen molar-refractivity contribution in [2.45, 2.75) is 0 Å². The minimum Gasteiger partial charge on any atom is -0.455 e. The lowest BCUT2D eigenvalue weighted by Crippen LogP contribution is -2.11. The van der Waals surface area contributed by atoms with Gasteiger partial charge >= 0.3 is 0 Å². The quantitative estimate of drug-likeness (QED) is 0.167. The maximum absolute atomic E-state index is 6.54. The number of benzene rings is 10. The largest absolute Gasteiger partial charge is 0.455 e. The van der Waals surface area contributed by atoms with Crippen LogP contribution in [-0.2, 0) is 0 Å². The van der Waals surface area contributed by atoms with Crippen molar-refractivity contribution in [1.29, 1.82) is 0 Å². The molecule has 12 rings (SSSR count). The molecule has 10 aromatic carbocycles. The topological polar surface area (TPSA) is 16.4 Å². The van der Waals surface area contributed by atoms with Gasteiger partial charge in [-0.2, -0.15) is 0 Å². The first kappa shape index (κ1) is 33.7. The van der Waals surface area contributed by atoms with E-state index in [-0.39, 0.29) is 0 Å². The highest BCUT2D eigenvalue weighted by molar-refractivity contribution is 7.25. The molecule has 0 unspecified atom stereocenters. The third kappa shape index (κ3) is 5.62. The van der Waals surface area contributed by atoms with E-state index in [0.717, 1.165) is 55.5 Å². The number of furan rings is 1. The standard InChI is InChI=1S/C56H35NOS/c1-3-16-44-36(11-1)13-10-20-45(44)38-23-28-42(29-24-38)57(43-15-9-14-39(33-43)40-27-32-55-51(34-40)48-19-6-8-22-54(48)59-55)52-21-7-5-17-46(52)41-26-31-53-50(35-41)49-30-25-37-12-2-4-18-47(37)56(49)58-53/h1-35H. The van der Waals surface area contributed by atoms with E-state index < -0.39 is 0 Å². The molecule has 0 aliphatic carbocycles. The van der Waals surface area contributed by atoms with Crippen molar-refractivity contribution in [3.05, 3.63) is 212 Å². The van der Waals surface area contributed by atoms with Crippen LogP contribution in [0.25, 0.3) is 97.0 Å². The predicted octanol–water partition coefficient (Wildman–Crippen LogP) is 16.7. The first-order chi connectivity index (χ1) is 29.2. The summed E-state index contributed by atoms with van der Waals surface area (Å²) >= 11 is 1.86. The summed E-state index contributed by atoms with van der Waals surface area (Å²) in [6, 6.07) is 77.1. The van der Waals surface area contributed by atoms with Crippen LogP contribution in [0.3, 0.4) is 0 Å². The zero-order valence-corrected chi connectivity index (χ0v) is 32.8. The molecule has 0 spiro atoms. The summed E-state index contributed by atoms with van der Waals surface area (Å²) in [5.74, 6) is 0. The monoisotopic (exact) mass is 769 g/mol. The summed E-state index contributed by atoms with van der Waals surface area (Å²) in [4.78, 5) is 2.41. The van der Waals surface area contributed by atoms with Gasteiger partial charge in [-0.3, -0.25) is 0 Å². The normalized spacial score (nSPS) is 11.7. The third-order valence-electron chi connectivity index (χ3n) is 11.9. The first-order valence-electron chi connectivity index (χ1n) is 20.1. The summed E-state index contributed by atoms with van der Waals surface area (Å²) in [5.41, 5.74) is 12.2. The van der Waals surface area contributed by atoms with Gasteiger partial charge in [0.1, 0.15) is 11.2 Å². The molecule has 276 valence electrons. The van der Waals surface area contributed by atoms with Crippen LogP contribution < -0.4 is 4.90 Å². The Hall–Kier alpha value is -7.46. The molecule has 12 aromatic rings. The maximum atomic E-state index is 6.54.